The number of nitrogens with zero attached hydrogens (tertiary/aromatic N) is 1. The molecule has 4 nitrogen and oxygen atoms in total. The minimum absolute atomic E-state index is 0.498. The zero-order chi connectivity index (χ0) is 14.8. The lowest BCUT2D eigenvalue weighted by atomic mass is 10.2. The minimum atomic E-state index is 0.498. The number of fused-ring (bicyclic) bond motifs is 1. The third-order valence-corrected chi connectivity index (χ3v) is 3.59. The molecule has 0 spiro atoms. The molecule has 21 heavy (non-hydrogen) atoms. The van der Waals surface area contributed by atoms with E-state index in [1.807, 2.05) is 49.5 Å². The van der Waals surface area contributed by atoms with Crippen molar-refractivity contribution in [1.82, 2.24) is 4.57 Å². The first-order chi connectivity index (χ1) is 10.2. The molecule has 0 aliphatic heterocycles. The van der Waals surface area contributed by atoms with Gasteiger partial charge >= 0.3 is 0 Å². The van der Waals surface area contributed by atoms with Crippen LogP contribution in [0.15, 0.2) is 48.5 Å². The summed E-state index contributed by atoms with van der Waals surface area (Å²) in [4.78, 5) is 0. The second kappa shape index (κ2) is 5.40. The van der Waals surface area contributed by atoms with Gasteiger partial charge in [-0.05, 0) is 36.4 Å². The highest BCUT2D eigenvalue weighted by atomic mass is 16.5. The molecule has 0 saturated carbocycles. The van der Waals surface area contributed by atoms with Crippen LogP contribution in [0.3, 0.4) is 0 Å². The molecular formula is C17H18N2O2. The van der Waals surface area contributed by atoms with E-state index in [-0.39, 0.29) is 0 Å². The normalized spacial score (nSPS) is 10.8. The maximum atomic E-state index is 5.84. The Kier molecular flexibility index (Phi) is 3.44. The zero-order valence-electron chi connectivity index (χ0n) is 12.2. The van der Waals surface area contributed by atoms with Crippen molar-refractivity contribution in [3.05, 3.63) is 54.2 Å². The van der Waals surface area contributed by atoms with Gasteiger partial charge in [-0.25, -0.2) is 0 Å². The van der Waals surface area contributed by atoms with E-state index in [0.29, 0.717) is 6.61 Å². The van der Waals surface area contributed by atoms with E-state index in [1.165, 1.54) is 0 Å². The summed E-state index contributed by atoms with van der Waals surface area (Å²) in [5.41, 5.74) is 8.84. The van der Waals surface area contributed by atoms with Gasteiger partial charge in [-0.2, -0.15) is 0 Å². The summed E-state index contributed by atoms with van der Waals surface area (Å²) in [7, 11) is 3.68. The molecule has 0 aliphatic carbocycles. The number of ether oxygens (including phenoxy) is 2. The Morgan fingerprint density at radius 1 is 1.05 bits per heavy atom. The van der Waals surface area contributed by atoms with Crippen molar-refractivity contribution in [2.24, 2.45) is 7.05 Å². The van der Waals surface area contributed by atoms with Crippen LogP contribution in [0.4, 0.5) is 5.69 Å². The molecule has 3 aromatic rings. The Morgan fingerprint density at radius 3 is 2.67 bits per heavy atom. The van der Waals surface area contributed by atoms with Gasteiger partial charge in [0.25, 0.3) is 0 Å². The lowest BCUT2D eigenvalue weighted by Gasteiger charge is -2.08. The zero-order valence-corrected chi connectivity index (χ0v) is 12.2. The number of rotatable bonds is 4. The molecule has 3 rings (SSSR count). The molecule has 0 radical (unpaired) electrons. The Balaban J connectivity index is 1.83. The van der Waals surface area contributed by atoms with Crippen molar-refractivity contribution in [2.75, 3.05) is 12.8 Å². The van der Waals surface area contributed by atoms with Crippen molar-refractivity contribution in [3.63, 3.8) is 0 Å². The summed E-state index contributed by atoms with van der Waals surface area (Å²) in [5.74, 6) is 1.58. The van der Waals surface area contributed by atoms with Gasteiger partial charge in [-0.1, -0.05) is 6.07 Å². The Morgan fingerprint density at radius 2 is 1.86 bits per heavy atom. The van der Waals surface area contributed by atoms with E-state index in [4.69, 9.17) is 15.2 Å². The highest BCUT2D eigenvalue weighted by Gasteiger charge is 2.07. The summed E-state index contributed by atoms with van der Waals surface area (Å²) in [6, 6.07) is 15.6. The second-order valence-corrected chi connectivity index (χ2v) is 4.98. The molecule has 1 heterocycles. The Labute approximate surface area is 123 Å². The van der Waals surface area contributed by atoms with Crippen LogP contribution < -0.4 is 15.2 Å². The topological polar surface area (TPSA) is 49.4 Å². The van der Waals surface area contributed by atoms with Crippen LogP contribution in [0.2, 0.25) is 0 Å². The molecule has 0 unspecified atom stereocenters. The van der Waals surface area contributed by atoms with Crippen molar-refractivity contribution in [3.8, 4) is 11.5 Å². The number of aromatic nitrogens is 1. The SMILES string of the molecule is COc1cccc(OCc2cc3cc(N)ccc3n2C)c1. The quantitative estimate of drug-likeness (QED) is 0.747. The van der Waals surface area contributed by atoms with Gasteiger partial charge < -0.3 is 19.8 Å². The number of aryl methyl sites for hydroxylation is 1. The van der Waals surface area contributed by atoms with E-state index in [1.54, 1.807) is 7.11 Å². The maximum Gasteiger partial charge on any atom is 0.128 e. The van der Waals surface area contributed by atoms with Crippen LogP contribution >= 0.6 is 0 Å². The summed E-state index contributed by atoms with van der Waals surface area (Å²) in [6.45, 7) is 0.498. The van der Waals surface area contributed by atoms with Crippen molar-refractivity contribution < 1.29 is 9.47 Å². The number of hydrogen-bond donors (Lipinski definition) is 1. The predicted octanol–water partition coefficient (Wildman–Crippen LogP) is 3.35. The lowest BCUT2D eigenvalue weighted by molar-refractivity contribution is 0.295. The first-order valence-electron chi connectivity index (χ1n) is 6.78. The van der Waals surface area contributed by atoms with Crippen LogP contribution in [0.5, 0.6) is 11.5 Å². The first kappa shape index (κ1) is 13.4. The third kappa shape index (κ3) is 2.65. The van der Waals surface area contributed by atoms with Crippen LogP contribution in [0, 0.1) is 0 Å². The fourth-order valence-corrected chi connectivity index (χ4v) is 2.41. The average Bonchev–Trinajstić information content (AvgIpc) is 2.81. The number of hydrogen-bond acceptors (Lipinski definition) is 3. The molecule has 0 aliphatic rings. The molecular weight excluding hydrogens is 264 g/mol. The molecule has 1 aromatic heterocycles. The van der Waals surface area contributed by atoms with Crippen LogP contribution in [-0.4, -0.2) is 11.7 Å². The van der Waals surface area contributed by atoms with Crippen molar-refractivity contribution >= 4 is 16.6 Å². The Bertz CT molecular complexity index is 778. The van der Waals surface area contributed by atoms with Crippen molar-refractivity contribution in [2.45, 2.75) is 6.61 Å². The third-order valence-electron chi connectivity index (χ3n) is 3.59. The number of nitrogen functional groups attached to an aromatic ring is 1. The van der Waals surface area contributed by atoms with E-state index in [2.05, 4.69) is 10.6 Å². The maximum absolute atomic E-state index is 5.84. The molecule has 0 amide bonds. The van der Waals surface area contributed by atoms with Gasteiger partial charge in [0.15, 0.2) is 0 Å². The highest BCUT2D eigenvalue weighted by molar-refractivity contribution is 5.84. The fraction of sp³-hybridized carbons (Fsp3) is 0.176. The molecule has 0 fully saturated rings. The van der Waals surface area contributed by atoms with Crippen molar-refractivity contribution in [1.29, 1.82) is 0 Å². The monoisotopic (exact) mass is 282 g/mol. The van der Waals surface area contributed by atoms with Crippen LogP contribution in [-0.2, 0) is 13.7 Å². The van der Waals surface area contributed by atoms with Gasteiger partial charge in [0.2, 0.25) is 0 Å². The molecule has 0 saturated heterocycles. The summed E-state index contributed by atoms with van der Waals surface area (Å²) in [6.07, 6.45) is 0. The van der Waals surface area contributed by atoms with Gasteiger partial charge in [0.1, 0.15) is 18.1 Å². The smallest absolute Gasteiger partial charge is 0.128 e. The standard InChI is InChI=1S/C17H18N2O2/c1-19-14(9-12-8-13(18)6-7-17(12)19)11-21-16-5-3-4-15(10-16)20-2/h3-10H,11,18H2,1-2H3. The van der Waals surface area contributed by atoms with Gasteiger partial charge in [0.05, 0.1) is 12.8 Å². The summed E-state index contributed by atoms with van der Waals surface area (Å²) < 4.78 is 13.2. The van der Waals surface area contributed by atoms with Gasteiger partial charge in [0, 0.05) is 29.7 Å². The average molecular weight is 282 g/mol. The highest BCUT2D eigenvalue weighted by Crippen LogP contribution is 2.24. The van der Waals surface area contributed by atoms with E-state index in [9.17, 15) is 0 Å². The summed E-state index contributed by atoms with van der Waals surface area (Å²) >= 11 is 0. The van der Waals surface area contributed by atoms with Gasteiger partial charge in [-0.3, -0.25) is 0 Å². The first-order valence-corrected chi connectivity index (χ1v) is 6.78. The second-order valence-electron chi connectivity index (χ2n) is 4.98. The van der Waals surface area contributed by atoms with E-state index in [0.717, 1.165) is 33.8 Å². The van der Waals surface area contributed by atoms with E-state index < -0.39 is 0 Å². The largest absolute Gasteiger partial charge is 0.497 e. The van der Waals surface area contributed by atoms with Crippen LogP contribution in [0.25, 0.3) is 10.9 Å². The fourth-order valence-electron chi connectivity index (χ4n) is 2.41. The molecule has 4 heteroatoms. The number of benzene rings is 2. The molecule has 0 bridgehead atoms. The van der Waals surface area contributed by atoms with E-state index >= 15 is 0 Å². The molecule has 0 atom stereocenters. The number of anilines is 1. The number of nitrogens with two attached hydrogens (primary N) is 1. The van der Waals surface area contributed by atoms with Crippen LogP contribution in [0.1, 0.15) is 5.69 Å². The lowest BCUT2D eigenvalue weighted by Crippen LogP contribution is -2.01. The predicted molar refractivity (Wildman–Crippen MR) is 84.7 cm³/mol. The summed E-state index contributed by atoms with van der Waals surface area (Å²) in [5, 5.41) is 1.13. The molecule has 108 valence electrons. The minimum Gasteiger partial charge on any atom is -0.497 e. The van der Waals surface area contributed by atoms with Gasteiger partial charge in [-0.15, -0.1) is 0 Å². The Hall–Kier alpha value is -2.62. The molecule has 2 aromatic carbocycles. The molecule has 2 N–H and O–H groups in total. The number of methoxy groups -OCH3 is 1.